The third-order valence-corrected chi connectivity index (χ3v) is 2.73. The Morgan fingerprint density at radius 1 is 1.43 bits per heavy atom. The molecule has 0 aliphatic heterocycles. The van der Waals surface area contributed by atoms with Gasteiger partial charge < -0.3 is 10.0 Å². The summed E-state index contributed by atoms with van der Waals surface area (Å²) in [5, 5.41) is 9.53. The standard InChI is InChI=1S/C9H15F2NO2/c1-12(9(14)8(10)11)6-4-2-3-5-7(6)13/h6-8,13H,2-5H2,1H3. The van der Waals surface area contributed by atoms with E-state index >= 15 is 0 Å². The molecular weight excluding hydrogens is 192 g/mol. The van der Waals surface area contributed by atoms with Crippen LogP contribution >= 0.6 is 0 Å². The third kappa shape index (κ3) is 2.41. The molecule has 3 nitrogen and oxygen atoms in total. The van der Waals surface area contributed by atoms with Crippen molar-refractivity contribution in [3.05, 3.63) is 0 Å². The summed E-state index contributed by atoms with van der Waals surface area (Å²) in [5.74, 6) is -1.20. The van der Waals surface area contributed by atoms with Gasteiger partial charge in [0.05, 0.1) is 12.1 Å². The lowest BCUT2D eigenvalue weighted by Gasteiger charge is -2.34. The second kappa shape index (κ2) is 4.68. The van der Waals surface area contributed by atoms with Crippen molar-refractivity contribution in [3.8, 4) is 0 Å². The predicted octanol–water partition coefficient (Wildman–Crippen LogP) is 1.01. The zero-order valence-electron chi connectivity index (χ0n) is 8.12. The maximum absolute atomic E-state index is 12.1. The molecule has 1 aliphatic carbocycles. The van der Waals surface area contributed by atoms with E-state index in [0.29, 0.717) is 12.8 Å². The molecule has 0 radical (unpaired) electrons. The van der Waals surface area contributed by atoms with Crippen LogP contribution in [0.15, 0.2) is 0 Å². The normalized spacial score (nSPS) is 27.8. The molecule has 0 aromatic rings. The molecule has 1 rings (SSSR count). The summed E-state index contributed by atoms with van der Waals surface area (Å²) >= 11 is 0. The van der Waals surface area contributed by atoms with Gasteiger partial charge in [-0.2, -0.15) is 8.78 Å². The van der Waals surface area contributed by atoms with Crippen molar-refractivity contribution in [1.82, 2.24) is 4.90 Å². The molecule has 0 heterocycles. The molecule has 0 bridgehead atoms. The van der Waals surface area contributed by atoms with Crippen LogP contribution in [0, 0.1) is 0 Å². The number of carbonyl (C=O) groups excluding carboxylic acids is 1. The van der Waals surface area contributed by atoms with Gasteiger partial charge in [0, 0.05) is 7.05 Å². The lowest BCUT2D eigenvalue weighted by molar-refractivity contribution is -0.147. The molecule has 0 aromatic carbocycles. The maximum Gasteiger partial charge on any atom is 0.315 e. The largest absolute Gasteiger partial charge is 0.391 e. The van der Waals surface area contributed by atoms with Gasteiger partial charge in [0.1, 0.15) is 0 Å². The molecule has 5 heteroatoms. The topological polar surface area (TPSA) is 40.5 Å². The van der Waals surface area contributed by atoms with Crippen LogP contribution in [0.2, 0.25) is 0 Å². The number of rotatable bonds is 2. The highest BCUT2D eigenvalue weighted by Crippen LogP contribution is 2.23. The average molecular weight is 207 g/mol. The van der Waals surface area contributed by atoms with Crippen LogP contribution in [-0.2, 0) is 4.79 Å². The number of hydrogen-bond acceptors (Lipinski definition) is 2. The predicted molar refractivity (Wildman–Crippen MR) is 47.0 cm³/mol. The van der Waals surface area contributed by atoms with Gasteiger partial charge in [0.2, 0.25) is 0 Å². The summed E-state index contributed by atoms with van der Waals surface area (Å²) in [6.45, 7) is 0. The van der Waals surface area contributed by atoms with Crippen LogP contribution in [0.25, 0.3) is 0 Å². The molecule has 0 aromatic heterocycles. The fourth-order valence-electron chi connectivity index (χ4n) is 1.86. The highest BCUT2D eigenvalue weighted by molar-refractivity contribution is 5.79. The monoisotopic (exact) mass is 207 g/mol. The zero-order chi connectivity index (χ0) is 10.7. The molecule has 2 unspecified atom stereocenters. The lowest BCUT2D eigenvalue weighted by Crippen LogP contribution is -2.48. The summed E-state index contributed by atoms with van der Waals surface area (Å²) in [5.41, 5.74) is 0. The summed E-state index contributed by atoms with van der Waals surface area (Å²) in [6.07, 6.45) is -0.663. The highest BCUT2D eigenvalue weighted by atomic mass is 19.3. The van der Waals surface area contributed by atoms with E-state index in [1.165, 1.54) is 7.05 Å². The maximum atomic E-state index is 12.1. The molecule has 14 heavy (non-hydrogen) atoms. The number of halogens is 2. The minimum absolute atomic E-state index is 0.440. The number of alkyl halides is 2. The molecule has 0 saturated heterocycles. The van der Waals surface area contributed by atoms with Crippen LogP contribution in [0.1, 0.15) is 25.7 Å². The van der Waals surface area contributed by atoms with Crippen LogP contribution in [0.4, 0.5) is 8.78 Å². The SMILES string of the molecule is CN(C(=O)C(F)F)C1CCCCC1O. The molecule has 1 N–H and O–H groups in total. The number of aliphatic hydroxyl groups excluding tert-OH is 1. The first-order valence-corrected chi connectivity index (χ1v) is 4.77. The van der Waals surface area contributed by atoms with Crippen molar-refractivity contribution in [3.63, 3.8) is 0 Å². The molecule has 2 atom stereocenters. The van der Waals surface area contributed by atoms with E-state index < -0.39 is 24.5 Å². The number of amides is 1. The van der Waals surface area contributed by atoms with Gasteiger partial charge in [-0.3, -0.25) is 4.79 Å². The fourth-order valence-corrected chi connectivity index (χ4v) is 1.86. The van der Waals surface area contributed by atoms with Gasteiger partial charge in [0.25, 0.3) is 5.91 Å². The van der Waals surface area contributed by atoms with Crippen molar-refractivity contribution in [2.45, 2.75) is 44.3 Å². The Labute approximate surface area is 81.7 Å². The van der Waals surface area contributed by atoms with Crippen LogP contribution < -0.4 is 0 Å². The van der Waals surface area contributed by atoms with E-state index in [1.807, 2.05) is 0 Å². The first-order valence-electron chi connectivity index (χ1n) is 4.77. The fraction of sp³-hybridized carbons (Fsp3) is 0.889. The Bertz CT molecular complexity index is 211. The van der Waals surface area contributed by atoms with Crippen LogP contribution in [0.5, 0.6) is 0 Å². The Morgan fingerprint density at radius 3 is 2.50 bits per heavy atom. The first kappa shape index (κ1) is 11.4. The zero-order valence-corrected chi connectivity index (χ0v) is 8.12. The Balaban J connectivity index is 2.57. The first-order chi connectivity index (χ1) is 6.54. The third-order valence-electron chi connectivity index (χ3n) is 2.73. The second-order valence-corrected chi connectivity index (χ2v) is 3.67. The molecule has 1 amide bonds. The minimum Gasteiger partial charge on any atom is -0.391 e. The van der Waals surface area contributed by atoms with Gasteiger partial charge in [-0.25, -0.2) is 0 Å². The van der Waals surface area contributed by atoms with Gasteiger partial charge >= 0.3 is 6.43 Å². The van der Waals surface area contributed by atoms with Crippen LogP contribution in [-0.4, -0.2) is 41.5 Å². The highest BCUT2D eigenvalue weighted by Gasteiger charge is 2.32. The van der Waals surface area contributed by atoms with Crippen molar-refractivity contribution in [2.24, 2.45) is 0 Å². The van der Waals surface area contributed by atoms with Crippen molar-refractivity contribution >= 4 is 5.91 Å². The van der Waals surface area contributed by atoms with E-state index in [2.05, 4.69) is 0 Å². The Hall–Kier alpha value is -0.710. The summed E-state index contributed by atoms with van der Waals surface area (Å²) < 4.78 is 24.2. The van der Waals surface area contributed by atoms with E-state index in [1.54, 1.807) is 0 Å². The average Bonchev–Trinajstić information content (AvgIpc) is 2.16. The Kier molecular flexibility index (Phi) is 3.80. The smallest absolute Gasteiger partial charge is 0.315 e. The van der Waals surface area contributed by atoms with Gasteiger partial charge in [-0.05, 0) is 12.8 Å². The summed E-state index contributed by atoms with van der Waals surface area (Å²) in [7, 11) is 1.33. The molecular formula is C9H15F2NO2. The quantitative estimate of drug-likeness (QED) is 0.734. The Morgan fingerprint density at radius 2 is 2.00 bits per heavy atom. The molecule has 82 valence electrons. The second-order valence-electron chi connectivity index (χ2n) is 3.67. The van der Waals surface area contributed by atoms with Gasteiger partial charge in [-0.1, -0.05) is 12.8 Å². The summed E-state index contributed by atoms with van der Waals surface area (Å²) in [6, 6.07) is -0.440. The molecule has 0 spiro atoms. The molecule has 1 saturated carbocycles. The lowest BCUT2D eigenvalue weighted by atomic mass is 9.91. The van der Waals surface area contributed by atoms with Crippen molar-refractivity contribution < 1.29 is 18.7 Å². The van der Waals surface area contributed by atoms with Crippen molar-refractivity contribution in [1.29, 1.82) is 0 Å². The van der Waals surface area contributed by atoms with Gasteiger partial charge in [-0.15, -0.1) is 0 Å². The molecule has 1 fully saturated rings. The van der Waals surface area contributed by atoms with Crippen LogP contribution in [0.3, 0.4) is 0 Å². The number of hydrogen-bond donors (Lipinski definition) is 1. The molecule has 1 aliphatic rings. The number of aliphatic hydroxyl groups is 1. The van der Waals surface area contributed by atoms with E-state index in [4.69, 9.17) is 0 Å². The summed E-state index contributed by atoms with van der Waals surface area (Å²) in [4.78, 5) is 11.9. The number of likely N-dealkylation sites (N-methyl/N-ethyl adjacent to an activating group) is 1. The van der Waals surface area contributed by atoms with E-state index in [-0.39, 0.29) is 0 Å². The van der Waals surface area contributed by atoms with E-state index in [9.17, 15) is 18.7 Å². The number of carbonyl (C=O) groups is 1. The van der Waals surface area contributed by atoms with E-state index in [0.717, 1.165) is 17.7 Å². The van der Waals surface area contributed by atoms with Gasteiger partial charge in [0.15, 0.2) is 0 Å². The minimum atomic E-state index is -2.98. The van der Waals surface area contributed by atoms with Crippen molar-refractivity contribution in [2.75, 3.05) is 7.05 Å². The number of nitrogens with zero attached hydrogens (tertiary/aromatic N) is 1.